The smallest absolute Gasteiger partial charge is 0.211 e. The van der Waals surface area contributed by atoms with Gasteiger partial charge in [0.1, 0.15) is 0 Å². The van der Waals surface area contributed by atoms with Crippen molar-refractivity contribution in [2.45, 2.75) is 26.8 Å². The van der Waals surface area contributed by atoms with E-state index in [0.717, 1.165) is 0 Å². The molecule has 0 N–H and O–H groups in total. The van der Waals surface area contributed by atoms with Crippen LogP contribution in [0.1, 0.15) is 20.8 Å². The van der Waals surface area contributed by atoms with Crippen LogP contribution in [0.2, 0.25) is 0 Å². The van der Waals surface area contributed by atoms with Crippen molar-refractivity contribution in [3.63, 3.8) is 0 Å². The number of allylic oxidation sites excluding steroid dienone is 2. The quantitative estimate of drug-likeness (QED) is 0.430. The summed E-state index contributed by atoms with van der Waals surface area (Å²) in [7, 11) is 0. The van der Waals surface area contributed by atoms with Crippen LogP contribution in [0.15, 0.2) is 28.8 Å². The highest BCUT2D eigenvalue weighted by molar-refractivity contribution is 5.38. The van der Waals surface area contributed by atoms with Gasteiger partial charge in [0.2, 0.25) is 6.08 Å². The number of isocyanates is 1. The van der Waals surface area contributed by atoms with E-state index >= 15 is 0 Å². The predicted molar refractivity (Wildman–Crippen MR) is 48.6 cm³/mol. The molecule has 2 heteroatoms. The van der Waals surface area contributed by atoms with Gasteiger partial charge in [-0.3, -0.25) is 0 Å². The van der Waals surface area contributed by atoms with Crippen molar-refractivity contribution in [1.29, 1.82) is 0 Å². The number of carbonyl (C=O) groups excluding carboxylic acids is 1. The van der Waals surface area contributed by atoms with Crippen LogP contribution in [-0.2, 0) is 4.79 Å². The van der Waals surface area contributed by atoms with Gasteiger partial charge < -0.3 is 0 Å². The Morgan fingerprint density at radius 1 is 1.58 bits per heavy atom. The van der Waals surface area contributed by atoms with Crippen LogP contribution in [0, 0.1) is 5.41 Å². The molecule has 0 heterocycles. The third-order valence-corrected chi connectivity index (χ3v) is 2.10. The molecule has 0 aromatic rings. The first kappa shape index (κ1) is 8.95. The number of aliphatic imine (C=N–C) groups is 1. The van der Waals surface area contributed by atoms with E-state index in [9.17, 15) is 4.79 Å². The van der Waals surface area contributed by atoms with Gasteiger partial charge in [0.15, 0.2) is 0 Å². The first-order chi connectivity index (χ1) is 5.56. The summed E-state index contributed by atoms with van der Waals surface area (Å²) in [6.45, 7) is 6.16. The topological polar surface area (TPSA) is 29.4 Å². The van der Waals surface area contributed by atoms with E-state index in [1.54, 1.807) is 6.08 Å². The van der Waals surface area contributed by atoms with E-state index in [4.69, 9.17) is 0 Å². The van der Waals surface area contributed by atoms with Crippen molar-refractivity contribution in [3.05, 3.63) is 23.8 Å². The minimum Gasteiger partial charge on any atom is -0.211 e. The molecule has 12 heavy (non-hydrogen) atoms. The molecule has 0 aromatic heterocycles. The van der Waals surface area contributed by atoms with Crippen molar-refractivity contribution in [1.82, 2.24) is 0 Å². The molecule has 0 amide bonds. The molecule has 0 saturated heterocycles. The summed E-state index contributed by atoms with van der Waals surface area (Å²) < 4.78 is 0. The third-order valence-electron chi connectivity index (χ3n) is 2.10. The van der Waals surface area contributed by atoms with E-state index in [2.05, 4.69) is 24.9 Å². The monoisotopic (exact) mass is 163 g/mol. The van der Waals surface area contributed by atoms with E-state index < -0.39 is 0 Å². The second-order valence-corrected chi connectivity index (χ2v) is 3.73. The van der Waals surface area contributed by atoms with Crippen molar-refractivity contribution in [2.75, 3.05) is 0 Å². The van der Waals surface area contributed by atoms with E-state index in [0.29, 0.717) is 0 Å². The molecule has 0 radical (unpaired) electrons. The van der Waals surface area contributed by atoms with Gasteiger partial charge in [-0.05, 0) is 6.92 Å². The fourth-order valence-corrected chi connectivity index (χ4v) is 1.48. The second kappa shape index (κ2) is 3.08. The maximum absolute atomic E-state index is 10.1. The number of rotatable bonds is 1. The van der Waals surface area contributed by atoms with Gasteiger partial charge in [0.05, 0.1) is 6.04 Å². The van der Waals surface area contributed by atoms with Crippen molar-refractivity contribution >= 4 is 6.08 Å². The summed E-state index contributed by atoms with van der Waals surface area (Å²) in [4.78, 5) is 13.8. The fourth-order valence-electron chi connectivity index (χ4n) is 1.48. The Hall–Kier alpha value is -1.14. The molecule has 0 fully saturated rings. The lowest BCUT2D eigenvalue weighted by Gasteiger charge is -2.28. The summed E-state index contributed by atoms with van der Waals surface area (Å²) in [5.74, 6) is 0. The van der Waals surface area contributed by atoms with Crippen LogP contribution in [0.4, 0.5) is 0 Å². The van der Waals surface area contributed by atoms with E-state index in [1.807, 2.05) is 19.1 Å². The number of hydrogen-bond donors (Lipinski definition) is 0. The Morgan fingerprint density at radius 2 is 2.25 bits per heavy atom. The Bertz CT molecular complexity index is 280. The minimum atomic E-state index is -0.0593. The molecular formula is C10H13NO. The van der Waals surface area contributed by atoms with Gasteiger partial charge >= 0.3 is 0 Å². The second-order valence-electron chi connectivity index (χ2n) is 3.73. The summed E-state index contributed by atoms with van der Waals surface area (Å²) in [6.07, 6.45) is 7.65. The average Bonchev–Trinajstić information content (AvgIpc) is 1.94. The van der Waals surface area contributed by atoms with Crippen molar-refractivity contribution in [3.8, 4) is 0 Å². The molecule has 1 unspecified atom stereocenters. The van der Waals surface area contributed by atoms with Crippen molar-refractivity contribution in [2.24, 2.45) is 10.4 Å². The lowest BCUT2D eigenvalue weighted by atomic mass is 9.80. The van der Waals surface area contributed by atoms with Gasteiger partial charge in [0.25, 0.3) is 0 Å². The lowest BCUT2D eigenvalue weighted by Crippen LogP contribution is -2.26. The zero-order valence-corrected chi connectivity index (χ0v) is 7.66. The molecule has 1 atom stereocenters. The minimum absolute atomic E-state index is 0.0568. The molecule has 0 saturated carbocycles. The Kier molecular flexibility index (Phi) is 2.30. The van der Waals surface area contributed by atoms with Crippen LogP contribution in [0.3, 0.4) is 0 Å². The summed E-state index contributed by atoms with van der Waals surface area (Å²) in [5, 5.41) is 0. The maximum Gasteiger partial charge on any atom is 0.235 e. The molecule has 1 aliphatic rings. The standard InChI is InChI=1S/C10H13NO/c1-8-4-5-9(11-7-12)10(2,3)6-8/h4-6,9H,1-3H3. The predicted octanol–water partition coefficient (Wildman–Crippen LogP) is 2.23. The van der Waals surface area contributed by atoms with Gasteiger partial charge in [-0.15, -0.1) is 0 Å². The average molecular weight is 163 g/mol. The fraction of sp³-hybridized carbons (Fsp3) is 0.500. The SMILES string of the molecule is CC1=CC(C)(C)C(N=C=O)C=C1. The summed E-state index contributed by atoms with van der Waals surface area (Å²) in [5.41, 5.74) is 1.16. The summed E-state index contributed by atoms with van der Waals surface area (Å²) >= 11 is 0. The highest BCUT2D eigenvalue weighted by Crippen LogP contribution is 2.31. The van der Waals surface area contributed by atoms with Gasteiger partial charge in [-0.2, -0.15) is 4.99 Å². The van der Waals surface area contributed by atoms with Gasteiger partial charge in [-0.1, -0.05) is 37.6 Å². The van der Waals surface area contributed by atoms with E-state index in [-0.39, 0.29) is 11.5 Å². The molecule has 0 bridgehead atoms. The zero-order chi connectivity index (χ0) is 9.19. The first-order valence-corrected chi connectivity index (χ1v) is 4.01. The number of hydrogen-bond acceptors (Lipinski definition) is 2. The Labute approximate surface area is 72.7 Å². The van der Waals surface area contributed by atoms with Gasteiger partial charge in [0, 0.05) is 5.41 Å². The Balaban J connectivity index is 2.96. The first-order valence-electron chi connectivity index (χ1n) is 4.01. The molecule has 1 aliphatic carbocycles. The van der Waals surface area contributed by atoms with Crippen LogP contribution < -0.4 is 0 Å². The molecule has 1 rings (SSSR count). The molecule has 0 aliphatic heterocycles. The van der Waals surface area contributed by atoms with Crippen LogP contribution in [0.5, 0.6) is 0 Å². The highest BCUT2D eigenvalue weighted by Gasteiger charge is 2.27. The molecule has 2 nitrogen and oxygen atoms in total. The zero-order valence-electron chi connectivity index (χ0n) is 7.66. The van der Waals surface area contributed by atoms with Gasteiger partial charge in [-0.25, -0.2) is 4.79 Å². The van der Waals surface area contributed by atoms with E-state index in [1.165, 1.54) is 5.57 Å². The third kappa shape index (κ3) is 1.72. The maximum atomic E-state index is 10.1. The molecular weight excluding hydrogens is 150 g/mol. The van der Waals surface area contributed by atoms with Crippen LogP contribution >= 0.6 is 0 Å². The Morgan fingerprint density at radius 3 is 2.75 bits per heavy atom. The van der Waals surface area contributed by atoms with Crippen molar-refractivity contribution < 1.29 is 4.79 Å². The molecule has 64 valence electrons. The number of nitrogens with zero attached hydrogens (tertiary/aromatic N) is 1. The molecule has 0 aromatic carbocycles. The van der Waals surface area contributed by atoms with Crippen LogP contribution in [0.25, 0.3) is 0 Å². The highest BCUT2D eigenvalue weighted by atomic mass is 16.1. The largest absolute Gasteiger partial charge is 0.235 e. The lowest BCUT2D eigenvalue weighted by molar-refractivity contribution is 0.416. The normalized spacial score (nSPS) is 25.9. The molecule has 0 spiro atoms. The summed E-state index contributed by atoms with van der Waals surface area (Å²) in [6, 6.07) is -0.0568. The van der Waals surface area contributed by atoms with Crippen LogP contribution in [-0.4, -0.2) is 12.1 Å².